The van der Waals surface area contributed by atoms with E-state index in [1.807, 2.05) is 0 Å². The summed E-state index contributed by atoms with van der Waals surface area (Å²) >= 11 is 6.73. The lowest BCUT2D eigenvalue weighted by Gasteiger charge is -2.10. The Bertz CT molecular complexity index is 585. The fourth-order valence-electron chi connectivity index (χ4n) is 2.12. The van der Waals surface area contributed by atoms with Crippen molar-refractivity contribution in [1.29, 1.82) is 0 Å². The van der Waals surface area contributed by atoms with Crippen LogP contribution >= 0.6 is 23.4 Å². The predicted octanol–water partition coefficient (Wildman–Crippen LogP) is 2.52. The van der Waals surface area contributed by atoms with Crippen LogP contribution in [0.3, 0.4) is 0 Å². The maximum absolute atomic E-state index is 13.6. The third-order valence-electron chi connectivity index (χ3n) is 3.00. The van der Waals surface area contributed by atoms with E-state index in [2.05, 4.69) is 25.5 Å². The molecule has 3 rings (SSSR count). The van der Waals surface area contributed by atoms with Gasteiger partial charge in [-0.3, -0.25) is 0 Å². The van der Waals surface area contributed by atoms with Gasteiger partial charge in [0.1, 0.15) is 5.03 Å². The summed E-state index contributed by atoms with van der Waals surface area (Å²) in [5.74, 6) is -0.532. The van der Waals surface area contributed by atoms with Crippen LogP contribution in [-0.4, -0.2) is 30.2 Å². The van der Waals surface area contributed by atoms with Gasteiger partial charge >= 0.3 is 0 Å². The molecular weight excluding hydrogens is 291 g/mol. The van der Waals surface area contributed by atoms with Gasteiger partial charge in [-0.25, -0.2) is 19.0 Å². The van der Waals surface area contributed by atoms with E-state index in [0.717, 1.165) is 30.8 Å². The van der Waals surface area contributed by atoms with E-state index in [-0.39, 0.29) is 16.4 Å². The largest absolute Gasteiger partial charge is 0.223 e. The second kappa shape index (κ2) is 5.38. The van der Waals surface area contributed by atoms with E-state index in [1.165, 1.54) is 12.8 Å². The zero-order valence-corrected chi connectivity index (χ0v) is 11.4. The monoisotopic (exact) mass is 300 g/mol. The molecule has 2 heterocycles. The highest BCUT2D eigenvalue weighted by Gasteiger charge is 2.23. The molecule has 0 amide bonds. The van der Waals surface area contributed by atoms with Gasteiger partial charge in [0, 0.05) is 0 Å². The Kier molecular flexibility index (Phi) is 3.61. The van der Waals surface area contributed by atoms with Crippen LogP contribution in [0.4, 0.5) is 4.39 Å². The molecule has 0 aromatic carbocycles. The molecule has 9 heteroatoms. The topological polar surface area (TPSA) is 69.4 Å². The molecule has 2 aromatic rings. The molecule has 19 heavy (non-hydrogen) atoms. The Labute approximate surface area is 117 Å². The van der Waals surface area contributed by atoms with Crippen LogP contribution in [-0.2, 0) is 0 Å². The molecule has 0 bridgehead atoms. The highest BCUT2D eigenvalue weighted by atomic mass is 35.5. The first-order valence-corrected chi connectivity index (χ1v) is 7.07. The van der Waals surface area contributed by atoms with Gasteiger partial charge in [-0.05, 0) is 46.6 Å². The van der Waals surface area contributed by atoms with Crippen LogP contribution < -0.4 is 0 Å². The van der Waals surface area contributed by atoms with Gasteiger partial charge in [0.15, 0.2) is 5.82 Å². The maximum atomic E-state index is 13.6. The van der Waals surface area contributed by atoms with Crippen molar-refractivity contribution >= 4 is 23.4 Å². The van der Waals surface area contributed by atoms with Crippen LogP contribution in [0.25, 0.3) is 0 Å². The molecule has 1 aliphatic rings. The number of nitrogens with zero attached hydrogens (tertiary/aromatic N) is 6. The van der Waals surface area contributed by atoms with Crippen molar-refractivity contribution in [2.75, 3.05) is 0 Å². The molecule has 6 nitrogen and oxygen atoms in total. The van der Waals surface area contributed by atoms with Gasteiger partial charge in [0.05, 0.1) is 12.2 Å². The third kappa shape index (κ3) is 2.69. The molecule has 0 aliphatic heterocycles. The minimum Gasteiger partial charge on any atom is -0.223 e. The molecule has 0 saturated heterocycles. The van der Waals surface area contributed by atoms with Gasteiger partial charge in [-0.2, -0.15) is 0 Å². The van der Waals surface area contributed by atoms with E-state index in [9.17, 15) is 4.39 Å². The Morgan fingerprint density at radius 2 is 2.16 bits per heavy atom. The highest BCUT2D eigenvalue weighted by molar-refractivity contribution is 7.99. The summed E-state index contributed by atoms with van der Waals surface area (Å²) in [6, 6.07) is 0.290. The first kappa shape index (κ1) is 12.7. The van der Waals surface area contributed by atoms with Crippen molar-refractivity contribution in [3.05, 3.63) is 17.3 Å². The summed E-state index contributed by atoms with van der Waals surface area (Å²) in [4.78, 5) is 7.42. The standard InChI is InChI=1S/C10H10ClFN6S/c11-9-13-5-7(12)8(14-9)19-10-15-16-17-18(10)6-3-1-2-4-6/h5-6H,1-4H2. The number of rotatable bonds is 3. The van der Waals surface area contributed by atoms with Gasteiger partial charge in [-0.15, -0.1) is 5.10 Å². The molecule has 0 radical (unpaired) electrons. The van der Waals surface area contributed by atoms with Crippen LogP contribution in [0.2, 0.25) is 5.28 Å². The zero-order valence-electron chi connectivity index (χ0n) is 9.83. The van der Waals surface area contributed by atoms with Gasteiger partial charge in [0.25, 0.3) is 0 Å². The quantitative estimate of drug-likeness (QED) is 0.641. The maximum Gasteiger partial charge on any atom is 0.223 e. The summed E-state index contributed by atoms with van der Waals surface area (Å²) < 4.78 is 15.3. The molecule has 1 aliphatic carbocycles. The minimum absolute atomic E-state index is 0.00351. The van der Waals surface area contributed by atoms with Gasteiger partial charge < -0.3 is 0 Å². The van der Waals surface area contributed by atoms with Crippen LogP contribution in [0.5, 0.6) is 0 Å². The Morgan fingerprint density at radius 1 is 1.37 bits per heavy atom. The smallest absolute Gasteiger partial charge is 0.223 e. The first-order chi connectivity index (χ1) is 9.24. The van der Waals surface area contributed by atoms with Crippen LogP contribution in [0, 0.1) is 5.82 Å². The average Bonchev–Trinajstić information content (AvgIpc) is 3.03. The zero-order chi connectivity index (χ0) is 13.2. The second-order valence-corrected chi connectivity index (χ2v) is 5.53. The number of hydrogen-bond donors (Lipinski definition) is 0. The molecule has 0 atom stereocenters. The number of halogens is 2. The van der Waals surface area contributed by atoms with Crippen molar-refractivity contribution in [2.24, 2.45) is 0 Å². The SMILES string of the molecule is Fc1cnc(Cl)nc1Sc1nnnn1C1CCCC1. The van der Waals surface area contributed by atoms with Gasteiger partial charge in [-0.1, -0.05) is 12.8 Å². The van der Waals surface area contributed by atoms with Crippen molar-refractivity contribution in [2.45, 2.75) is 41.9 Å². The van der Waals surface area contributed by atoms with Crippen molar-refractivity contribution < 1.29 is 4.39 Å². The van der Waals surface area contributed by atoms with E-state index in [1.54, 1.807) is 4.68 Å². The van der Waals surface area contributed by atoms with Crippen molar-refractivity contribution in [1.82, 2.24) is 30.2 Å². The fraction of sp³-hybridized carbons (Fsp3) is 0.500. The Hall–Kier alpha value is -1.28. The molecule has 1 saturated carbocycles. The number of hydrogen-bond acceptors (Lipinski definition) is 6. The lowest BCUT2D eigenvalue weighted by atomic mass is 10.3. The van der Waals surface area contributed by atoms with Crippen molar-refractivity contribution in [3.8, 4) is 0 Å². The highest BCUT2D eigenvalue weighted by Crippen LogP contribution is 2.33. The summed E-state index contributed by atoms with van der Waals surface area (Å²) in [5, 5.41) is 12.2. The molecule has 0 N–H and O–H groups in total. The van der Waals surface area contributed by atoms with E-state index < -0.39 is 5.82 Å². The average molecular weight is 301 g/mol. The summed E-state index contributed by atoms with van der Waals surface area (Å²) in [6.45, 7) is 0. The number of tetrazole rings is 1. The lowest BCUT2D eigenvalue weighted by molar-refractivity contribution is 0.422. The molecular formula is C10H10ClFN6S. The predicted molar refractivity (Wildman–Crippen MR) is 66.4 cm³/mol. The van der Waals surface area contributed by atoms with Crippen molar-refractivity contribution in [3.63, 3.8) is 0 Å². The van der Waals surface area contributed by atoms with E-state index in [0.29, 0.717) is 5.16 Å². The minimum atomic E-state index is -0.532. The fourth-order valence-corrected chi connectivity index (χ4v) is 3.12. The number of aromatic nitrogens is 6. The molecule has 1 fully saturated rings. The Balaban J connectivity index is 1.87. The Morgan fingerprint density at radius 3 is 2.95 bits per heavy atom. The van der Waals surface area contributed by atoms with Crippen LogP contribution in [0.15, 0.2) is 16.4 Å². The summed E-state index contributed by atoms with van der Waals surface area (Å²) in [5.41, 5.74) is 0. The molecule has 2 aromatic heterocycles. The molecule has 0 spiro atoms. The van der Waals surface area contributed by atoms with E-state index >= 15 is 0 Å². The third-order valence-corrected chi connectivity index (χ3v) is 4.12. The lowest BCUT2D eigenvalue weighted by Crippen LogP contribution is -2.08. The molecule has 0 unspecified atom stereocenters. The van der Waals surface area contributed by atoms with E-state index in [4.69, 9.17) is 11.6 Å². The summed E-state index contributed by atoms with van der Waals surface area (Å²) in [6.07, 6.45) is 5.48. The van der Waals surface area contributed by atoms with Gasteiger partial charge in [0.2, 0.25) is 10.4 Å². The molecule has 100 valence electrons. The second-order valence-electron chi connectivity index (χ2n) is 4.24. The summed E-state index contributed by atoms with van der Waals surface area (Å²) in [7, 11) is 0. The first-order valence-electron chi connectivity index (χ1n) is 5.88. The normalized spacial score (nSPS) is 16.1. The van der Waals surface area contributed by atoms with Crippen LogP contribution in [0.1, 0.15) is 31.7 Å².